The highest BCUT2D eigenvalue weighted by atomic mass is 16.2. The summed E-state index contributed by atoms with van der Waals surface area (Å²) in [6.45, 7) is 13.5. The molecule has 6 nitrogen and oxygen atoms in total. The van der Waals surface area contributed by atoms with Gasteiger partial charge in [-0.3, -0.25) is 19.0 Å². The minimum Gasteiger partial charge on any atom is -0.299 e. The van der Waals surface area contributed by atoms with Crippen LogP contribution in [0, 0.1) is 68.0 Å². The number of fused-ring (bicyclic) bond motifs is 7. The number of rotatable bonds is 1. The van der Waals surface area contributed by atoms with E-state index in [0.717, 1.165) is 44.9 Å². The summed E-state index contributed by atoms with van der Waals surface area (Å²) in [5.74, 6) is 0.218. The molecule has 0 amide bonds. The van der Waals surface area contributed by atoms with E-state index in [0.29, 0.717) is 12.2 Å². The van der Waals surface area contributed by atoms with Gasteiger partial charge in [-0.25, -0.2) is 4.98 Å². The van der Waals surface area contributed by atoms with Crippen LogP contribution in [0.1, 0.15) is 97.7 Å². The quantitative estimate of drug-likeness (QED) is 0.418. The van der Waals surface area contributed by atoms with Crippen LogP contribution in [0.15, 0.2) is 30.4 Å². The van der Waals surface area contributed by atoms with E-state index in [-0.39, 0.29) is 68.5 Å². The normalized spacial score (nSPS) is 46.6. The van der Waals surface area contributed by atoms with Crippen LogP contribution in [0.25, 0.3) is 0 Å². The van der Waals surface area contributed by atoms with E-state index in [1.54, 1.807) is 23.3 Å². The largest absolute Gasteiger partial charge is 0.299 e. The van der Waals surface area contributed by atoms with E-state index in [2.05, 4.69) is 45.7 Å². The van der Waals surface area contributed by atoms with Crippen LogP contribution in [-0.2, 0) is 9.59 Å². The Balaban J connectivity index is 1.47. The van der Waals surface area contributed by atoms with Crippen molar-refractivity contribution in [2.24, 2.45) is 56.7 Å². The van der Waals surface area contributed by atoms with Gasteiger partial charge >= 0.3 is 0 Å². The molecule has 0 radical (unpaired) electrons. The van der Waals surface area contributed by atoms with Crippen molar-refractivity contribution in [3.05, 3.63) is 30.4 Å². The SMILES string of the molecule is C[C@@H]1C(=O)C(C#N)=C[C@]2(C)[C@H]3CC(=O)[C@@H]4[C@@H]5CC(C)(C)CC[C@]5(C(=O)n5ccnc5)CC[C@@]4(C)[C@]3(C)CC[C@@H]12. The van der Waals surface area contributed by atoms with E-state index in [1.807, 2.05) is 13.0 Å². The van der Waals surface area contributed by atoms with Crippen LogP contribution in [0.2, 0.25) is 0 Å². The van der Waals surface area contributed by atoms with Gasteiger partial charge in [-0.1, -0.05) is 47.6 Å². The first-order valence-corrected chi connectivity index (χ1v) is 15.0. The summed E-state index contributed by atoms with van der Waals surface area (Å²) in [4.78, 5) is 45.9. The van der Waals surface area contributed by atoms with Crippen molar-refractivity contribution >= 4 is 17.5 Å². The molecule has 0 bridgehead atoms. The molecular weight excluding hydrogens is 486 g/mol. The second-order valence-corrected chi connectivity index (χ2v) is 15.3. The summed E-state index contributed by atoms with van der Waals surface area (Å²) in [7, 11) is 0. The minimum atomic E-state index is -0.542. The number of nitriles is 1. The first-order chi connectivity index (χ1) is 18.2. The van der Waals surface area contributed by atoms with Gasteiger partial charge in [0, 0.05) is 30.7 Å². The van der Waals surface area contributed by atoms with Gasteiger partial charge in [0.05, 0.1) is 11.0 Å². The molecule has 1 heterocycles. The summed E-state index contributed by atoms with van der Waals surface area (Å²) in [5, 5.41) is 9.83. The molecular formula is C33H43N3O3. The Morgan fingerprint density at radius 3 is 2.41 bits per heavy atom. The molecule has 6 heteroatoms. The molecule has 5 aliphatic rings. The molecule has 208 valence electrons. The van der Waals surface area contributed by atoms with Crippen molar-refractivity contribution in [3.8, 4) is 6.07 Å². The number of hydrogen-bond donors (Lipinski definition) is 0. The second kappa shape index (κ2) is 8.24. The molecule has 0 aliphatic heterocycles. The Kier molecular flexibility index (Phi) is 5.63. The standard InChI is InChI=1S/C33H43N3O3/c1-20-22-7-8-31(5)25(30(22,4)16-21(18-34)27(20)38)15-24(37)26-23-17-29(2,3)9-11-33(23,12-10-32(26,31)6)28(39)36-14-13-35-19-36/h13-14,16,19-20,22-23,25-26H,7-12,15,17H2,1-6H3/t20-,22-,23-,25+,26-,30-,31+,32+,33-/m0/s1. The maximum atomic E-state index is 14.6. The lowest BCUT2D eigenvalue weighted by molar-refractivity contribution is -0.213. The summed E-state index contributed by atoms with van der Waals surface area (Å²) in [5.41, 5.74) is -0.939. The van der Waals surface area contributed by atoms with E-state index in [4.69, 9.17) is 0 Å². The van der Waals surface area contributed by atoms with Crippen LogP contribution in [0.4, 0.5) is 0 Å². The Morgan fingerprint density at radius 2 is 1.74 bits per heavy atom. The van der Waals surface area contributed by atoms with E-state index >= 15 is 0 Å². The molecule has 0 aromatic carbocycles. The number of aromatic nitrogens is 2. The predicted octanol–water partition coefficient (Wildman–Crippen LogP) is 6.43. The van der Waals surface area contributed by atoms with Gasteiger partial charge in [-0.2, -0.15) is 5.26 Å². The van der Waals surface area contributed by atoms with Gasteiger partial charge in [0.1, 0.15) is 18.2 Å². The number of allylic oxidation sites excluding steroid dienone is 2. The molecule has 4 saturated carbocycles. The van der Waals surface area contributed by atoms with Gasteiger partial charge in [0.25, 0.3) is 0 Å². The predicted molar refractivity (Wildman–Crippen MR) is 147 cm³/mol. The van der Waals surface area contributed by atoms with Crippen LogP contribution in [-0.4, -0.2) is 27.0 Å². The smallest absolute Gasteiger partial charge is 0.238 e. The van der Waals surface area contributed by atoms with E-state index in [1.165, 1.54) is 0 Å². The average Bonchev–Trinajstić information content (AvgIpc) is 3.42. The zero-order chi connectivity index (χ0) is 28.2. The van der Waals surface area contributed by atoms with Gasteiger partial charge < -0.3 is 0 Å². The fourth-order valence-corrected chi connectivity index (χ4v) is 10.9. The molecule has 1 aromatic rings. The maximum Gasteiger partial charge on any atom is 0.238 e. The first kappa shape index (κ1) is 26.7. The third kappa shape index (κ3) is 3.31. The number of hydrogen-bond acceptors (Lipinski definition) is 5. The summed E-state index contributed by atoms with van der Waals surface area (Å²) in [6, 6.07) is 2.19. The summed E-state index contributed by atoms with van der Waals surface area (Å²) in [6.07, 6.45) is 13.7. The van der Waals surface area contributed by atoms with Gasteiger partial charge in [0.2, 0.25) is 5.91 Å². The third-order valence-electron chi connectivity index (χ3n) is 13.3. The van der Waals surface area contributed by atoms with Crippen molar-refractivity contribution in [2.45, 2.75) is 92.9 Å². The van der Waals surface area contributed by atoms with Gasteiger partial charge in [-0.15, -0.1) is 0 Å². The zero-order valence-corrected chi connectivity index (χ0v) is 24.4. The maximum absolute atomic E-state index is 14.6. The highest BCUT2D eigenvalue weighted by Crippen LogP contribution is 2.75. The Labute approximate surface area is 232 Å². The fourth-order valence-electron chi connectivity index (χ4n) is 10.9. The molecule has 0 spiro atoms. The van der Waals surface area contributed by atoms with Crippen LogP contribution in [0.5, 0.6) is 0 Å². The molecule has 0 N–H and O–H groups in total. The molecule has 0 saturated heterocycles. The Hall–Kier alpha value is -2.55. The van der Waals surface area contributed by atoms with Crippen molar-refractivity contribution in [1.29, 1.82) is 5.26 Å². The summed E-state index contributed by atoms with van der Waals surface area (Å²) < 4.78 is 1.66. The van der Waals surface area contributed by atoms with E-state index in [9.17, 15) is 19.6 Å². The van der Waals surface area contributed by atoms with Gasteiger partial charge in [-0.05, 0) is 84.4 Å². The lowest BCUT2D eigenvalue weighted by Gasteiger charge is -2.71. The second-order valence-electron chi connectivity index (χ2n) is 15.3. The Bertz CT molecular complexity index is 1320. The van der Waals surface area contributed by atoms with Crippen molar-refractivity contribution in [3.63, 3.8) is 0 Å². The molecule has 1 aromatic heterocycles. The minimum absolute atomic E-state index is 0.00257. The molecule has 4 fully saturated rings. The van der Waals surface area contributed by atoms with Crippen molar-refractivity contribution in [2.75, 3.05) is 0 Å². The Morgan fingerprint density at radius 1 is 1.03 bits per heavy atom. The zero-order valence-electron chi connectivity index (χ0n) is 24.4. The summed E-state index contributed by atoms with van der Waals surface area (Å²) >= 11 is 0. The number of carbonyl (C=O) groups excluding carboxylic acids is 3. The number of nitrogens with zero attached hydrogens (tertiary/aromatic N) is 3. The highest BCUT2D eigenvalue weighted by Gasteiger charge is 2.72. The number of carbonyl (C=O) groups is 3. The lowest BCUT2D eigenvalue weighted by Crippen LogP contribution is -2.68. The van der Waals surface area contributed by atoms with Crippen molar-refractivity contribution in [1.82, 2.24) is 9.55 Å². The lowest BCUT2D eigenvalue weighted by atomic mass is 9.32. The van der Waals surface area contributed by atoms with Crippen LogP contribution in [0.3, 0.4) is 0 Å². The molecule has 5 aliphatic carbocycles. The molecule has 0 unspecified atom stereocenters. The van der Waals surface area contributed by atoms with Crippen LogP contribution >= 0.6 is 0 Å². The van der Waals surface area contributed by atoms with Gasteiger partial charge in [0.15, 0.2) is 5.78 Å². The highest BCUT2D eigenvalue weighted by molar-refractivity contribution is 6.02. The average molecular weight is 530 g/mol. The van der Waals surface area contributed by atoms with Crippen molar-refractivity contribution < 1.29 is 14.4 Å². The fraction of sp³-hybridized carbons (Fsp3) is 0.727. The molecule has 9 atom stereocenters. The third-order valence-corrected chi connectivity index (χ3v) is 13.3. The topological polar surface area (TPSA) is 92.8 Å². The monoisotopic (exact) mass is 529 g/mol. The molecule has 6 rings (SSSR count). The van der Waals surface area contributed by atoms with E-state index < -0.39 is 5.41 Å². The first-order valence-electron chi connectivity index (χ1n) is 15.0. The molecule has 39 heavy (non-hydrogen) atoms. The number of ketones is 2. The number of Topliss-reactive ketones (excluding diaryl/α,β-unsaturated/α-hetero) is 2. The number of imidazole rings is 1. The van der Waals surface area contributed by atoms with Crippen LogP contribution < -0.4 is 0 Å².